The van der Waals surface area contributed by atoms with Gasteiger partial charge in [0.2, 0.25) is 0 Å². The Morgan fingerprint density at radius 2 is 1.67 bits per heavy atom. The Labute approximate surface area is 159 Å². The van der Waals surface area contributed by atoms with Gasteiger partial charge in [-0.3, -0.25) is 0 Å². The third-order valence-electron chi connectivity index (χ3n) is 5.00. The normalized spacial score (nSPS) is 11.8. The highest BCUT2D eigenvalue weighted by Gasteiger charge is 2.20. The molecule has 4 rings (SSSR count). The van der Waals surface area contributed by atoms with Gasteiger partial charge in [0, 0.05) is 6.54 Å². The molecule has 0 saturated heterocycles. The first-order chi connectivity index (χ1) is 13.0. The summed E-state index contributed by atoms with van der Waals surface area (Å²) in [6.07, 6.45) is 2.90. The quantitative estimate of drug-likeness (QED) is 0.535. The average molecular weight is 356 g/mol. The average Bonchev–Trinajstić information content (AvgIpc) is 3.09. The van der Waals surface area contributed by atoms with Crippen molar-refractivity contribution in [2.24, 2.45) is 0 Å². The minimum atomic E-state index is -0.888. The predicted molar refractivity (Wildman–Crippen MR) is 111 cm³/mol. The number of benzene rings is 3. The van der Waals surface area contributed by atoms with Crippen LogP contribution in [0.2, 0.25) is 0 Å². The molecular formula is C24H24N2O. The van der Waals surface area contributed by atoms with Crippen LogP contribution in [0.15, 0.2) is 79.1 Å². The molecular weight excluding hydrogens is 332 g/mol. The van der Waals surface area contributed by atoms with E-state index in [1.165, 1.54) is 5.56 Å². The van der Waals surface area contributed by atoms with Crippen molar-refractivity contribution in [2.75, 3.05) is 0 Å². The van der Waals surface area contributed by atoms with Gasteiger partial charge in [-0.1, -0.05) is 60.7 Å². The largest absolute Gasteiger partial charge is 0.386 e. The van der Waals surface area contributed by atoms with Crippen LogP contribution in [0.3, 0.4) is 0 Å². The van der Waals surface area contributed by atoms with E-state index in [4.69, 9.17) is 0 Å². The number of aryl methyl sites for hydroxylation is 2. The second-order valence-corrected chi connectivity index (χ2v) is 7.48. The molecule has 136 valence electrons. The van der Waals surface area contributed by atoms with Crippen molar-refractivity contribution in [1.29, 1.82) is 0 Å². The topological polar surface area (TPSA) is 38.1 Å². The molecule has 0 fully saturated rings. The maximum atomic E-state index is 10.5. The fourth-order valence-corrected chi connectivity index (χ4v) is 3.57. The van der Waals surface area contributed by atoms with Gasteiger partial charge in [0.15, 0.2) is 0 Å². The van der Waals surface area contributed by atoms with Crippen molar-refractivity contribution >= 4 is 11.0 Å². The molecule has 0 radical (unpaired) electrons. The van der Waals surface area contributed by atoms with E-state index in [-0.39, 0.29) is 0 Å². The lowest BCUT2D eigenvalue weighted by Gasteiger charge is -2.21. The van der Waals surface area contributed by atoms with Crippen LogP contribution in [0.25, 0.3) is 22.2 Å². The SMILES string of the molecule is CC(C)(O)c1ccccc1-c1ccc2c(c1)ncn2CCc1ccccc1. The summed E-state index contributed by atoms with van der Waals surface area (Å²) in [6.45, 7) is 4.55. The number of fused-ring (bicyclic) bond motifs is 1. The van der Waals surface area contributed by atoms with Crippen LogP contribution in [0, 0.1) is 0 Å². The number of aliphatic hydroxyl groups is 1. The van der Waals surface area contributed by atoms with Crippen LogP contribution < -0.4 is 0 Å². The van der Waals surface area contributed by atoms with Crippen LogP contribution in [0.4, 0.5) is 0 Å². The van der Waals surface area contributed by atoms with Crippen molar-refractivity contribution in [1.82, 2.24) is 9.55 Å². The van der Waals surface area contributed by atoms with Gasteiger partial charge in [0.05, 0.1) is 23.0 Å². The fourth-order valence-electron chi connectivity index (χ4n) is 3.57. The molecule has 1 aromatic heterocycles. The first-order valence-electron chi connectivity index (χ1n) is 9.33. The maximum absolute atomic E-state index is 10.5. The Balaban J connectivity index is 1.65. The van der Waals surface area contributed by atoms with Gasteiger partial charge in [0.25, 0.3) is 0 Å². The van der Waals surface area contributed by atoms with Crippen LogP contribution in [-0.4, -0.2) is 14.7 Å². The summed E-state index contributed by atoms with van der Waals surface area (Å²) in [5.41, 5.74) is 5.60. The van der Waals surface area contributed by atoms with Gasteiger partial charge in [-0.05, 0) is 54.7 Å². The van der Waals surface area contributed by atoms with Crippen molar-refractivity contribution < 1.29 is 5.11 Å². The number of hydrogen-bond donors (Lipinski definition) is 1. The maximum Gasteiger partial charge on any atom is 0.0958 e. The zero-order valence-corrected chi connectivity index (χ0v) is 15.8. The van der Waals surface area contributed by atoms with Gasteiger partial charge in [-0.2, -0.15) is 0 Å². The summed E-state index contributed by atoms with van der Waals surface area (Å²) < 4.78 is 2.20. The highest BCUT2D eigenvalue weighted by Crippen LogP contribution is 2.32. The molecule has 0 bridgehead atoms. The first-order valence-corrected chi connectivity index (χ1v) is 9.33. The summed E-state index contributed by atoms with van der Waals surface area (Å²) >= 11 is 0. The summed E-state index contributed by atoms with van der Waals surface area (Å²) in [5.74, 6) is 0. The zero-order chi connectivity index (χ0) is 18.9. The number of nitrogens with zero attached hydrogens (tertiary/aromatic N) is 2. The van der Waals surface area contributed by atoms with Crippen LogP contribution >= 0.6 is 0 Å². The molecule has 27 heavy (non-hydrogen) atoms. The minimum Gasteiger partial charge on any atom is -0.386 e. The van der Waals surface area contributed by atoms with Crippen LogP contribution in [0.5, 0.6) is 0 Å². The fraction of sp³-hybridized carbons (Fsp3) is 0.208. The Bertz CT molecular complexity index is 1060. The molecule has 0 saturated carbocycles. The highest BCUT2D eigenvalue weighted by atomic mass is 16.3. The van der Waals surface area contributed by atoms with Crippen molar-refractivity contribution in [3.63, 3.8) is 0 Å². The lowest BCUT2D eigenvalue weighted by Crippen LogP contribution is -2.16. The van der Waals surface area contributed by atoms with E-state index < -0.39 is 5.60 Å². The molecule has 1 heterocycles. The molecule has 1 N–H and O–H groups in total. The molecule has 3 nitrogen and oxygen atoms in total. The van der Waals surface area contributed by atoms with Crippen molar-refractivity contribution in [3.8, 4) is 11.1 Å². The Morgan fingerprint density at radius 3 is 2.44 bits per heavy atom. The van der Waals surface area contributed by atoms with E-state index in [1.807, 2.05) is 44.4 Å². The van der Waals surface area contributed by atoms with Gasteiger partial charge < -0.3 is 9.67 Å². The number of aromatic nitrogens is 2. The van der Waals surface area contributed by atoms with Gasteiger partial charge in [-0.25, -0.2) is 4.98 Å². The first kappa shape index (κ1) is 17.5. The Hall–Kier alpha value is -2.91. The zero-order valence-electron chi connectivity index (χ0n) is 15.8. The number of rotatable bonds is 5. The standard InChI is InChI=1S/C24H24N2O/c1-24(2,27)21-11-7-6-10-20(21)19-12-13-23-22(16-19)25-17-26(23)15-14-18-8-4-3-5-9-18/h3-13,16-17,27H,14-15H2,1-2H3. The van der Waals surface area contributed by atoms with E-state index in [0.717, 1.165) is 40.7 Å². The number of hydrogen-bond acceptors (Lipinski definition) is 2. The Morgan fingerprint density at radius 1 is 0.926 bits per heavy atom. The second kappa shape index (κ2) is 7.01. The van der Waals surface area contributed by atoms with E-state index in [9.17, 15) is 5.11 Å². The van der Waals surface area contributed by atoms with Crippen molar-refractivity contribution in [3.05, 3.63) is 90.3 Å². The van der Waals surface area contributed by atoms with Gasteiger partial charge in [-0.15, -0.1) is 0 Å². The predicted octanol–water partition coefficient (Wildman–Crippen LogP) is 5.17. The third kappa shape index (κ3) is 3.64. The number of imidazole rings is 1. The molecule has 0 aliphatic carbocycles. The molecule has 0 aliphatic heterocycles. The second-order valence-electron chi connectivity index (χ2n) is 7.48. The third-order valence-corrected chi connectivity index (χ3v) is 5.00. The summed E-state index contributed by atoms with van der Waals surface area (Å²) in [4.78, 5) is 4.61. The monoisotopic (exact) mass is 356 g/mol. The van der Waals surface area contributed by atoms with E-state index in [2.05, 4.69) is 58.1 Å². The van der Waals surface area contributed by atoms with E-state index >= 15 is 0 Å². The molecule has 0 unspecified atom stereocenters. The molecule has 0 spiro atoms. The lowest BCUT2D eigenvalue weighted by molar-refractivity contribution is 0.0792. The van der Waals surface area contributed by atoms with E-state index in [1.54, 1.807) is 0 Å². The molecule has 4 aromatic rings. The summed E-state index contributed by atoms with van der Waals surface area (Å²) in [5, 5.41) is 10.5. The summed E-state index contributed by atoms with van der Waals surface area (Å²) in [7, 11) is 0. The van der Waals surface area contributed by atoms with E-state index in [0.29, 0.717) is 0 Å². The van der Waals surface area contributed by atoms with Gasteiger partial charge >= 0.3 is 0 Å². The minimum absolute atomic E-state index is 0.888. The summed E-state index contributed by atoms with van der Waals surface area (Å²) in [6, 6.07) is 24.9. The Kier molecular flexibility index (Phi) is 4.54. The molecule has 0 amide bonds. The smallest absolute Gasteiger partial charge is 0.0958 e. The molecule has 0 atom stereocenters. The van der Waals surface area contributed by atoms with Crippen LogP contribution in [-0.2, 0) is 18.6 Å². The van der Waals surface area contributed by atoms with Crippen LogP contribution in [0.1, 0.15) is 25.0 Å². The molecule has 0 aliphatic rings. The molecule has 3 heteroatoms. The van der Waals surface area contributed by atoms with Crippen molar-refractivity contribution in [2.45, 2.75) is 32.4 Å². The van der Waals surface area contributed by atoms with Gasteiger partial charge in [0.1, 0.15) is 0 Å². The lowest BCUT2D eigenvalue weighted by atomic mass is 9.89. The highest BCUT2D eigenvalue weighted by molar-refractivity contribution is 5.83. The molecule has 3 aromatic carbocycles.